The number of aromatic amines is 1. The van der Waals surface area contributed by atoms with Gasteiger partial charge in [0, 0.05) is 12.4 Å². The maximum absolute atomic E-state index is 11.7. The molecule has 0 aliphatic carbocycles. The van der Waals surface area contributed by atoms with Crippen LogP contribution in [0.25, 0.3) is 10.3 Å². The summed E-state index contributed by atoms with van der Waals surface area (Å²) < 4.78 is 0.616. The van der Waals surface area contributed by atoms with Gasteiger partial charge in [-0.1, -0.05) is 53.4 Å². The third-order valence-corrected chi connectivity index (χ3v) is 5.31. The van der Waals surface area contributed by atoms with Crippen LogP contribution >= 0.6 is 23.1 Å². The first-order valence-electron chi connectivity index (χ1n) is 7.75. The zero-order valence-electron chi connectivity index (χ0n) is 13.3. The Labute approximate surface area is 180 Å². The Kier molecular flexibility index (Phi) is 8.55. The summed E-state index contributed by atoms with van der Waals surface area (Å²) >= 11 is 2.49. The second kappa shape index (κ2) is 10.4. The Morgan fingerprint density at radius 3 is 2.69 bits per heavy atom. The van der Waals surface area contributed by atoms with Crippen molar-refractivity contribution < 1.29 is 10.2 Å². The fourth-order valence-corrected chi connectivity index (χ4v) is 3.80. The third-order valence-electron chi connectivity index (χ3n) is 3.51. The van der Waals surface area contributed by atoms with Crippen molar-refractivity contribution in [3.8, 4) is 0 Å². The van der Waals surface area contributed by atoms with Gasteiger partial charge >= 0.3 is 34.4 Å². The van der Waals surface area contributed by atoms with Gasteiger partial charge in [-0.15, -0.1) is 0 Å². The number of thiazole rings is 1. The molecule has 26 heavy (non-hydrogen) atoms. The molecule has 134 valence electrons. The van der Waals surface area contributed by atoms with Crippen LogP contribution < -0.4 is 10.2 Å². The molecular formula is C16H19N4NaO3S2. The predicted molar refractivity (Wildman–Crippen MR) is 107 cm³/mol. The number of nitrogens with one attached hydrogen (secondary N) is 2. The van der Waals surface area contributed by atoms with Gasteiger partial charge in [-0.25, -0.2) is 9.97 Å². The van der Waals surface area contributed by atoms with E-state index in [4.69, 9.17) is 5.11 Å². The molecule has 3 rings (SSSR count). The number of fused-ring (bicyclic) bond motifs is 1. The molecule has 4 N–H and O–H groups in total. The summed E-state index contributed by atoms with van der Waals surface area (Å²) in [5, 5.41) is 22.2. The van der Waals surface area contributed by atoms with Crippen molar-refractivity contribution in [1.29, 1.82) is 0 Å². The predicted octanol–water partition coefficient (Wildman–Crippen LogP) is 1.18. The Balaban J connectivity index is 0.00000243. The van der Waals surface area contributed by atoms with Crippen molar-refractivity contribution in [2.24, 2.45) is 0 Å². The second-order valence-electron chi connectivity index (χ2n) is 5.36. The molecule has 2 aromatic heterocycles. The van der Waals surface area contributed by atoms with Crippen LogP contribution in [0.15, 0.2) is 40.3 Å². The molecule has 3 aromatic rings. The van der Waals surface area contributed by atoms with Crippen LogP contribution in [-0.4, -0.2) is 74.0 Å². The van der Waals surface area contributed by atoms with Gasteiger partial charge in [-0.05, 0) is 12.0 Å². The standard InChI is InChI=1S/C16H18N4O3S2.Na.H/c21-7-6-11(8-22)17-13-12-14(20-16(23)25-12)19-15(18-13)24-9-10-4-2-1-3-5-10;;/h1-5,11,21-22H,6-9H2,(H2,17,18,19,20,23);;. The summed E-state index contributed by atoms with van der Waals surface area (Å²) in [7, 11) is 0. The van der Waals surface area contributed by atoms with Crippen molar-refractivity contribution in [2.75, 3.05) is 18.5 Å². The number of nitrogens with zero attached hydrogens (tertiary/aromatic N) is 2. The van der Waals surface area contributed by atoms with Crippen LogP contribution in [0, 0.1) is 0 Å². The van der Waals surface area contributed by atoms with E-state index in [2.05, 4.69) is 20.3 Å². The van der Waals surface area contributed by atoms with Crippen molar-refractivity contribution in [2.45, 2.75) is 23.4 Å². The summed E-state index contributed by atoms with van der Waals surface area (Å²) in [4.78, 5) is 23.1. The zero-order chi connectivity index (χ0) is 17.6. The van der Waals surface area contributed by atoms with Crippen LogP contribution in [0.4, 0.5) is 5.82 Å². The molecule has 1 aromatic carbocycles. The molecular weight excluding hydrogens is 383 g/mol. The summed E-state index contributed by atoms with van der Waals surface area (Å²) in [6.45, 7) is -0.191. The fraction of sp³-hybridized carbons (Fsp3) is 0.312. The minimum atomic E-state index is -0.340. The molecule has 0 amide bonds. The van der Waals surface area contributed by atoms with E-state index in [-0.39, 0.29) is 53.7 Å². The molecule has 0 radical (unpaired) electrons. The average molecular weight is 402 g/mol. The van der Waals surface area contributed by atoms with Gasteiger partial charge in [-0.3, -0.25) is 9.78 Å². The molecule has 0 aliphatic rings. The second-order valence-corrected chi connectivity index (χ2v) is 7.28. The number of rotatable bonds is 8. The molecule has 0 fully saturated rings. The van der Waals surface area contributed by atoms with Crippen LogP contribution in [0.5, 0.6) is 0 Å². The van der Waals surface area contributed by atoms with Crippen LogP contribution in [0.2, 0.25) is 0 Å². The van der Waals surface area contributed by atoms with E-state index in [1.165, 1.54) is 11.8 Å². The molecule has 7 nitrogen and oxygen atoms in total. The maximum atomic E-state index is 11.7. The Morgan fingerprint density at radius 1 is 1.23 bits per heavy atom. The number of H-pyrrole nitrogens is 1. The summed E-state index contributed by atoms with van der Waals surface area (Å²) in [5.41, 5.74) is 1.63. The van der Waals surface area contributed by atoms with Gasteiger partial charge < -0.3 is 15.5 Å². The molecule has 1 unspecified atom stereocenters. The van der Waals surface area contributed by atoms with Crippen LogP contribution in [0.1, 0.15) is 12.0 Å². The summed E-state index contributed by atoms with van der Waals surface area (Å²) in [6, 6.07) is 9.63. The van der Waals surface area contributed by atoms with E-state index in [0.29, 0.717) is 33.5 Å². The number of thioether (sulfide) groups is 1. The monoisotopic (exact) mass is 402 g/mol. The normalized spacial score (nSPS) is 11.9. The van der Waals surface area contributed by atoms with Crippen LogP contribution in [-0.2, 0) is 5.75 Å². The molecule has 0 saturated heterocycles. The molecule has 0 aliphatic heterocycles. The topological polar surface area (TPSA) is 111 Å². The number of aliphatic hydroxyl groups excluding tert-OH is 2. The van der Waals surface area contributed by atoms with Gasteiger partial charge in [0.2, 0.25) is 0 Å². The number of hydrogen-bond donors (Lipinski definition) is 4. The van der Waals surface area contributed by atoms with Crippen molar-refractivity contribution >= 4 is 68.8 Å². The molecule has 0 saturated carbocycles. The average Bonchev–Trinajstić information content (AvgIpc) is 3.01. The van der Waals surface area contributed by atoms with Crippen molar-refractivity contribution in [1.82, 2.24) is 15.0 Å². The Morgan fingerprint density at radius 2 is 2.00 bits per heavy atom. The summed E-state index contributed by atoms with van der Waals surface area (Å²) in [6.07, 6.45) is 0.383. The number of anilines is 1. The number of aliphatic hydroxyl groups is 2. The Bertz CT molecular complexity index is 888. The quantitative estimate of drug-likeness (QED) is 0.254. The number of benzene rings is 1. The van der Waals surface area contributed by atoms with Gasteiger partial charge in [0.1, 0.15) is 4.70 Å². The molecule has 0 bridgehead atoms. The van der Waals surface area contributed by atoms with Crippen molar-refractivity contribution in [3.63, 3.8) is 0 Å². The molecule has 2 heterocycles. The molecule has 0 spiro atoms. The first kappa shape index (κ1) is 21.4. The van der Waals surface area contributed by atoms with Crippen molar-refractivity contribution in [3.05, 3.63) is 45.6 Å². The van der Waals surface area contributed by atoms with E-state index in [9.17, 15) is 9.90 Å². The summed E-state index contributed by atoms with van der Waals surface area (Å²) in [5.74, 6) is 1.21. The van der Waals surface area contributed by atoms with E-state index in [0.717, 1.165) is 16.9 Å². The van der Waals surface area contributed by atoms with Gasteiger partial charge in [0.05, 0.1) is 12.6 Å². The van der Waals surface area contributed by atoms with Gasteiger partial charge in [0.15, 0.2) is 16.6 Å². The third kappa shape index (κ3) is 5.53. The first-order chi connectivity index (χ1) is 12.2. The molecule has 1 atom stereocenters. The fourth-order valence-electron chi connectivity index (χ4n) is 2.27. The van der Waals surface area contributed by atoms with E-state index >= 15 is 0 Å². The first-order valence-corrected chi connectivity index (χ1v) is 9.55. The SMILES string of the molecule is O=c1[nH]c2nc(SCc3ccccc3)nc(NC(CO)CCO)c2s1.[NaH]. The Hall–Kier alpha value is -0.940. The van der Waals surface area contributed by atoms with E-state index in [1.807, 2.05) is 30.3 Å². The van der Waals surface area contributed by atoms with Gasteiger partial charge in [-0.2, -0.15) is 0 Å². The number of aromatic nitrogens is 3. The minimum absolute atomic E-state index is 0. The number of hydrogen-bond acceptors (Lipinski definition) is 8. The van der Waals surface area contributed by atoms with E-state index in [1.54, 1.807) is 0 Å². The van der Waals surface area contributed by atoms with Crippen LogP contribution in [0.3, 0.4) is 0 Å². The van der Waals surface area contributed by atoms with Gasteiger partial charge in [0.25, 0.3) is 0 Å². The zero-order valence-corrected chi connectivity index (χ0v) is 14.9. The molecule has 10 heteroatoms. The van der Waals surface area contributed by atoms with E-state index < -0.39 is 0 Å².